The Hall–Kier alpha value is -3.37. The molecule has 3 aromatic carbocycles. The Bertz CT molecular complexity index is 1220. The minimum absolute atomic E-state index is 0.0267. The standard InChI is InChI=1S/C29H32N2O6S/c1-2-30-29(35)31-16-19-7-13-22(14-8-19)28-36-23(18-38-26-6-4-3-5-24(26)27(33)34)15-25(37-28)21-11-9-20(17-32)10-12-21/h3-14,23,25,28,32H,2,15-18H2,1H3,(H,33,34)(H2,30,31,35)/t23-,25+,28+/m0/s1. The number of amides is 2. The van der Waals surface area contributed by atoms with Crippen LogP contribution >= 0.6 is 11.8 Å². The molecular formula is C29H32N2O6S. The van der Waals surface area contributed by atoms with Gasteiger partial charge in [0, 0.05) is 35.7 Å². The summed E-state index contributed by atoms with van der Waals surface area (Å²) in [6, 6.07) is 22.1. The number of carbonyl (C=O) groups excluding carboxylic acids is 1. The molecule has 1 heterocycles. The second kappa shape index (κ2) is 13.4. The summed E-state index contributed by atoms with van der Waals surface area (Å²) in [7, 11) is 0. The second-order valence-electron chi connectivity index (χ2n) is 8.92. The third kappa shape index (κ3) is 7.35. The molecular weight excluding hydrogens is 504 g/mol. The van der Waals surface area contributed by atoms with Gasteiger partial charge < -0.3 is 30.3 Å². The predicted octanol–water partition coefficient (Wildman–Crippen LogP) is 5.03. The van der Waals surface area contributed by atoms with Crippen molar-refractivity contribution in [2.45, 2.75) is 49.9 Å². The molecule has 8 nitrogen and oxygen atoms in total. The van der Waals surface area contributed by atoms with E-state index in [-0.39, 0.29) is 30.4 Å². The van der Waals surface area contributed by atoms with Crippen molar-refractivity contribution in [3.8, 4) is 0 Å². The first-order valence-electron chi connectivity index (χ1n) is 12.5. The van der Waals surface area contributed by atoms with E-state index in [2.05, 4.69) is 10.6 Å². The van der Waals surface area contributed by atoms with Gasteiger partial charge in [-0.25, -0.2) is 9.59 Å². The van der Waals surface area contributed by atoms with Crippen molar-refractivity contribution >= 4 is 23.8 Å². The van der Waals surface area contributed by atoms with Crippen molar-refractivity contribution in [1.29, 1.82) is 0 Å². The van der Waals surface area contributed by atoms with Crippen LogP contribution in [0.1, 0.15) is 58.4 Å². The number of aromatic carboxylic acids is 1. The first kappa shape index (κ1) is 27.7. The number of aliphatic hydroxyl groups excluding tert-OH is 1. The minimum atomic E-state index is -0.956. The van der Waals surface area contributed by atoms with Crippen molar-refractivity contribution in [1.82, 2.24) is 10.6 Å². The van der Waals surface area contributed by atoms with E-state index < -0.39 is 12.3 Å². The molecule has 3 atom stereocenters. The Balaban J connectivity index is 1.49. The van der Waals surface area contributed by atoms with Crippen LogP contribution < -0.4 is 10.6 Å². The van der Waals surface area contributed by atoms with Crippen LogP contribution in [0, 0.1) is 0 Å². The summed E-state index contributed by atoms with van der Waals surface area (Å²) in [6.45, 7) is 2.80. The predicted molar refractivity (Wildman–Crippen MR) is 145 cm³/mol. The fourth-order valence-corrected chi connectivity index (χ4v) is 5.24. The molecule has 1 fully saturated rings. The van der Waals surface area contributed by atoms with E-state index in [4.69, 9.17) is 9.47 Å². The van der Waals surface area contributed by atoms with Gasteiger partial charge in [0.05, 0.1) is 24.4 Å². The third-order valence-electron chi connectivity index (χ3n) is 6.20. The number of rotatable bonds is 10. The summed E-state index contributed by atoms with van der Waals surface area (Å²) in [6.07, 6.45) is -0.439. The largest absolute Gasteiger partial charge is 0.478 e. The van der Waals surface area contributed by atoms with Gasteiger partial charge in [0.2, 0.25) is 0 Å². The van der Waals surface area contributed by atoms with E-state index >= 15 is 0 Å². The SMILES string of the molecule is CCNC(=O)NCc1ccc([C@@H]2O[C@H](CSc3ccccc3C(=O)O)C[C@H](c3ccc(CO)cc3)O2)cc1. The molecule has 4 N–H and O–H groups in total. The van der Waals surface area contributed by atoms with Gasteiger partial charge in [-0.05, 0) is 35.7 Å². The van der Waals surface area contributed by atoms with Crippen LogP contribution in [0.3, 0.4) is 0 Å². The summed E-state index contributed by atoms with van der Waals surface area (Å²) in [5.41, 5.74) is 3.88. The van der Waals surface area contributed by atoms with E-state index in [1.165, 1.54) is 11.8 Å². The summed E-state index contributed by atoms with van der Waals surface area (Å²) < 4.78 is 12.7. The molecule has 9 heteroatoms. The highest BCUT2D eigenvalue weighted by molar-refractivity contribution is 7.99. The molecule has 0 saturated carbocycles. The number of nitrogens with one attached hydrogen (secondary N) is 2. The Kier molecular flexibility index (Phi) is 9.78. The Morgan fingerprint density at radius 2 is 1.61 bits per heavy atom. The maximum absolute atomic E-state index is 11.7. The molecule has 3 aromatic rings. The fourth-order valence-electron chi connectivity index (χ4n) is 4.17. The minimum Gasteiger partial charge on any atom is -0.478 e. The lowest BCUT2D eigenvalue weighted by Crippen LogP contribution is -2.34. The van der Waals surface area contributed by atoms with Gasteiger partial charge >= 0.3 is 12.0 Å². The number of carboxylic acid groups (broad SMARTS) is 1. The van der Waals surface area contributed by atoms with E-state index in [0.29, 0.717) is 30.2 Å². The molecule has 0 spiro atoms. The Morgan fingerprint density at radius 1 is 0.921 bits per heavy atom. The molecule has 1 aliphatic heterocycles. The van der Waals surface area contributed by atoms with Gasteiger partial charge in [-0.3, -0.25) is 0 Å². The molecule has 0 aromatic heterocycles. The first-order chi connectivity index (χ1) is 18.5. The number of carboxylic acids is 1. The molecule has 1 aliphatic rings. The van der Waals surface area contributed by atoms with Gasteiger partial charge in [-0.2, -0.15) is 0 Å². The molecule has 4 rings (SSSR count). The summed E-state index contributed by atoms with van der Waals surface area (Å²) in [4.78, 5) is 24.0. The molecule has 0 bridgehead atoms. The smallest absolute Gasteiger partial charge is 0.336 e. The van der Waals surface area contributed by atoms with Crippen LogP contribution in [0.5, 0.6) is 0 Å². The van der Waals surface area contributed by atoms with E-state index in [1.807, 2.05) is 67.6 Å². The van der Waals surface area contributed by atoms with Crippen LogP contribution in [0.15, 0.2) is 77.7 Å². The van der Waals surface area contributed by atoms with Crippen LogP contribution in [0.25, 0.3) is 0 Å². The van der Waals surface area contributed by atoms with Gasteiger partial charge in [-0.1, -0.05) is 60.7 Å². The third-order valence-corrected chi connectivity index (χ3v) is 7.40. The molecule has 0 aliphatic carbocycles. The Morgan fingerprint density at radius 3 is 2.29 bits per heavy atom. The number of thioether (sulfide) groups is 1. The number of aliphatic hydroxyl groups is 1. The second-order valence-corrected chi connectivity index (χ2v) is 9.98. The van der Waals surface area contributed by atoms with Crippen molar-refractivity contribution < 1.29 is 29.3 Å². The number of urea groups is 1. The van der Waals surface area contributed by atoms with E-state index in [1.54, 1.807) is 12.1 Å². The number of carbonyl (C=O) groups is 2. The Labute approximate surface area is 226 Å². The molecule has 1 saturated heterocycles. The zero-order chi connectivity index (χ0) is 26.9. The van der Waals surface area contributed by atoms with Crippen LogP contribution in [-0.2, 0) is 22.6 Å². The molecule has 0 unspecified atom stereocenters. The van der Waals surface area contributed by atoms with Crippen molar-refractivity contribution in [2.24, 2.45) is 0 Å². The summed E-state index contributed by atoms with van der Waals surface area (Å²) >= 11 is 1.46. The van der Waals surface area contributed by atoms with Crippen molar-refractivity contribution in [2.75, 3.05) is 12.3 Å². The average Bonchev–Trinajstić information content (AvgIpc) is 2.95. The van der Waals surface area contributed by atoms with E-state index in [9.17, 15) is 19.8 Å². The lowest BCUT2D eigenvalue weighted by atomic mass is 10.0. The maximum atomic E-state index is 11.7. The van der Waals surface area contributed by atoms with Gasteiger partial charge in [-0.15, -0.1) is 11.8 Å². The molecule has 0 radical (unpaired) electrons. The normalized spacial score (nSPS) is 19.1. The molecule has 38 heavy (non-hydrogen) atoms. The van der Waals surface area contributed by atoms with Crippen LogP contribution in [-0.4, -0.2) is 40.6 Å². The number of ether oxygens (including phenoxy) is 2. The quantitative estimate of drug-likeness (QED) is 0.268. The number of hydrogen-bond donors (Lipinski definition) is 4. The summed E-state index contributed by atoms with van der Waals surface area (Å²) in [5.74, 6) is -0.397. The lowest BCUT2D eigenvalue weighted by Gasteiger charge is -2.36. The highest BCUT2D eigenvalue weighted by Gasteiger charge is 2.32. The van der Waals surface area contributed by atoms with Crippen LogP contribution in [0.4, 0.5) is 4.79 Å². The summed E-state index contributed by atoms with van der Waals surface area (Å²) in [5, 5.41) is 24.5. The van der Waals surface area contributed by atoms with E-state index in [0.717, 1.165) is 22.3 Å². The zero-order valence-electron chi connectivity index (χ0n) is 21.1. The zero-order valence-corrected chi connectivity index (χ0v) is 21.9. The van der Waals surface area contributed by atoms with Gasteiger partial charge in [0.1, 0.15) is 0 Å². The topological polar surface area (TPSA) is 117 Å². The number of hydrogen-bond acceptors (Lipinski definition) is 6. The first-order valence-corrected chi connectivity index (χ1v) is 13.5. The highest BCUT2D eigenvalue weighted by Crippen LogP contribution is 2.39. The lowest BCUT2D eigenvalue weighted by molar-refractivity contribution is -0.245. The van der Waals surface area contributed by atoms with Gasteiger partial charge in [0.15, 0.2) is 6.29 Å². The van der Waals surface area contributed by atoms with Gasteiger partial charge in [0.25, 0.3) is 0 Å². The number of benzene rings is 3. The monoisotopic (exact) mass is 536 g/mol. The van der Waals surface area contributed by atoms with Crippen molar-refractivity contribution in [3.05, 3.63) is 101 Å². The molecule has 2 amide bonds. The average molecular weight is 537 g/mol. The highest BCUT2D eigenvalue weighted by atomic mass is 32.2. The fraction of sp³-hybridized carbons (Fsp3) is 0.310. The maximum Gasteiger partial charge on any atom is 0.336 e. The molecule has 200 valence electrons. The van der Waals surface area contributed by atoms with Crippen LogP contribution in [0.2, 0.25) is 0 Å². The van der Waals surface area contributed by atoms with Crippen molar-refractivity contribution in [3.63, 3.8) is 0 Å².